The Labute approximate surface area is 71.7 Å². The summed E-state index contributed by atoms with van der Waals surface area (Å²) < 4.78 is 5.24. The van der Waals surface area contributed by atoms with Gasteiger partial charge in [-0.2, -0.15) is 0 Å². The zero-order chi connectivity index (χ0) is 8.72. The van der Waals surface area contributed by atoms with Gasteiger partial charge >= 0.3 is 5.97 Å². The molecule has 2 fully saturated rings. The number of carbonyl (C=O) groups is 1. The van der Waals surface area contributed by atoms with Gasteiger partial charge in [0, 0.05) is 7.11 Å². The van der Waals surface area contributed by atoms with E-state index in [1.165, 1.54) is 0 Å². The zero-order valence-electron chi connectivity index (χ0n) is 7.19. The molecular formula is C9H14O3. The fourth-order valence-corrected chi connectivity index (χ4v) is 2.63. The summed E-state index contributed by atoms with van der Waals surface area (Å²) in [6.07, 6.45) is 3.13. The van der Waals surface area contributed by atoms with E-state index >= 15 is 0 Å². The van der Waals surface area contributed by atoms with Crippen molar-refractivity contribution < 1.29 is 14.6 Å². The van der Waals surface area contributed by atoms with Crippen LogP contribution in [0.2, 0.25) is 0 Å². The summed E-state index contributed by atoms with van der Waals surface area (Å²) in [6, 6.07) is 0. The van der Waals surface area contributed by atoms with Crippen LogP contribution < -0.4 is 0 Å². The molecule has 2 aliphatic carbocycles. The highest BCUT2D eigenvalue weighted by Crippen LogP contribution is 2.50. The van der Waals surface area contributed by atoms with Crippen LogP contribution in [0.3, 0.4) is 0 Å². The minimum absolute atomic E-state index is 0.0971. The molecule has 0 spiro atoms. The molecule has 0 aliphatic heterocycles. The molecule has 0 radical (unpaired) electrons. The van der Waals surface area contributed by atoms with Crippen molar-refractivity contribution in [3.63, 3.8) is 0 Å². The largest absolute Gasteiger partial charge is 0.481 e. The number of carboxylic acids is 1. The van der Waals surface area contributed by atoms with Crippen molar-refractivity contribution in [2.75, 3.05) is 7.11 Å². The number of aliphatic carboxylic acids is 1. The molecule has 68 valence electrons. The normalized spacial score (nSPS) is 45.1. The first kappa shape index (κ1) is 8.05. The summed E-state index contributed by atoms with van der Waals surface area (Å²) in [6.45, 7) is 0. The van der Waals surface area contributed by atoms with Crippen LogP contribution >= 0.6 is 0 Å². The van der Waals surface area contributed by atoms with E-state index < -0.39 is 5.97 Å². The first-order valence-electron chi connectivity index (χ1n) is 4.48. The number of rotatable bonds is 2. The molecule has 0 amide bonds. The van der Waals surface area contributed by atoms with E-state index in [2.05, 4.69) is 0 Å². The van der Waals surface area contributed by atoms with Crippen LogP contribution in [-0.2, 0) is 9.53 Å². The Balaban J connectivity index is 1.94. The van der Waals surface area contributed by atoms with E-state index in [4.69, 9.17) is 9.84 Å². The highest BCUT2D eigenvalue weighted by atomic mass is 16.5. The maximum atomic E-state index is 10.7. The lowest BCUT2D eigenvalue weighted by Crippen LogP contribution is -2.38. The number of hydrogen-bond acceptors (Lipinski definition) is 2. The summed E-state index contributed by atoms with van der Waals surface area (Å²) >= 11 is 0. The van der Waals surface area contributed by atoms with Crippen LogP contribution in [0.4, 0.5) is 0 Å². The highest BCUT2D eigenvalue weighted by molar-refractivity contribution is 5.70. The molecule has 0 aromatic heterocycles. The summed E-state index contributed by atoms with van der Waals surface area (Å²) in [5.74, 6) is 0.451. The molecule has 0 heterocycles. The summed E-state index contributed by atoms with van der Waals surface area (Å²) in [5, 5.41) is 8.79. The van der Waals surface area contributed by atoms with Gasteiger partial charge in [-0.3, -0.25) is 4.79 Å². The van der Waals surface area contributed by atoms with Crippen molar-refractivity contribution in [2.45, 2.75) is 25.4 Å². The van der Waals surface area contributed by atoms with Crippen molar-refractivity contribution in [2.24, 2.45) is 17.8 Å². The number of methoxy groups -OCH3 is 1. The molecule has 0 aromatic carbocycles. The van der Waals surface area contributed by atoms with Crippen molar-refractivity contribution >= 4 is 5.97 Å². The van der Waals surface area contributed by atoms with Crippen molar-refractivity contribution in [3.8, 4) is 0 Å². The molecular weight excluding hydrogens is 156 g/mol. The van der Waals surface area contributed by atoms with E-state index in [9.17, 15) is 4.79 Å². The van der Waals surface area contributed by atoms with E-state index in [1.807, 2.05) is 0 Å². The highest BCUT2D eigenvalue weighted by Gasteiger charge is 2.49. The van der Waals surface area contributed by atoms with Gasteiger partial charge in [-0.1, -0.05) is 0 Å². The third-order valence-electron chi connectivity index (χ3n) is 3.41. The predicted molar refractivity (Wildman–Crippen MR) is 42.8 cm³/mol. The van der Waals surface area contributed by atoms with Gasteiger partial charge in [-0.05, 0) is 31.1 Å². The van der Waals surface area contributed by atoms with Gasteiger partial charge in [0.2, 0.25) is 0 Å². The van der Waals surface area contributed by atoms with E-state index in [-0.39, 0.29) is 5.92 Å². The average Bonchev–Trinajstić information content (AvgIpc) is 2.30. The van der Waals surface area contributed by atoms with Crippen molar-refractivity contribution in [1.29, 1.82) is 0 Å². The average molecular weight is 170 g/mol. The Morgan fingerprint density at radius 1 is 1.42 bits per heavy atom. The Morgan fingerprint density at radius 3 is 2.75 bits per heavy atom. The van der Waals surface area contributed by atoms with Crippen LogP contribution in [0.15, 0.2) is 0 Å². The monoisotopic (exact) mass is 170 g/mol. The Bertz CT molecular complexity index is 202. The van der Waals surface area contributed by atoms with Crippen LogP contribution in [-0.4, -0.2) is 24.3 Å². The van der Waals surface area contributed by atoms with Gasteiger partial charge in [0.1, 0.15) is 0 Å². The second kappa shape index (κ2) is 2.73. The molecule has 2 rings (SSSR count). The molecule has 12 heavy (non-hydrogen) atoms. The van der Waals surface area contributed by atoms with Crippen molar-refractivity contribution in [3.05, 3.63) is 0 Å². The quantitative estimate of drug-likeness (QED) is 0.675. The van der Waals surface area contributed by atoms with Crippen LogP contribution in [0.1, 0.15) is 19.3 Å². The second-order valence-corrected chi connectivity index (χ2v) is 3.94. The third kappa shape index (κ3) is 1.04. The van der Waals surface area contributed by atoms with Crippen molar-refractivity contribution in [1.82, 2.24) is 0 Å². The minimum Gasteiger partial charge on any atom is -0.481 e. The fourth-order valence-electron chi connectivity index (χ4n) is 2.63. The van der Waals surface area contributed by atoms with E-state index in [0.717, 1.165) is 19.3 Å². The number of fused-ring (bicyclic) bond motifs is 1. The maximum absolute atomic E-state index is 10.7. The van der Waals surface area contributed by atoms with Gasteiger partial charge in [-0.25, -0.2) is 0 Å². The summed E-state index contributed by atoms with van der Waals surface area (Å²) in [7, 11) is 1.72. The Morgan fingerprint density at radius 2 is 2.17 bits per heavy atom. The van der Waals surface area contributed by atoms with Gasteiger partial charge in [0.25, 0.3) is 0 Å². The standard InChI is InChI=1S/C9H14O3/c1-12-8-4-5-2-6(9(10)11)3-7(5)8/h5-8H,2-4H2,1H3,(H,10,11). The smallest absolute Gasteiger partial charge is 0.306 e. The zero-order valence-corrected chi connectivity index (χ0v) is 7.19. The minimum atomic E-state index is -0.626. The molecule has 1 N–H and O–H groups in total. The van der Waals surface area contributed by atoms with Crippen LogP contribution in [0, 0.1) is 17.8 Å². The first-order chi connectivity index (χ1) is 5.72. The summed E-state index contributed by atoms with van der Waals surface area (Å²) in [5.41, 5.74) is 0. The SMILES string of the molecule is COC1CC2CC(C(=O)O)CC21. The summed E-state index contributed by atoms with van der Waals surface area (Å²) in [4.78, 5) is 10.7. The number of carboxylic acid groups (broad SMARTS) is 1. The molecule has 0 saturated heterocycles. The van der Waals surface area contributed by atoms with Gasteiger partial charge in [0.05, 0.1) is 12.0 Å². The molecule has 0 bridgehead atoms. The number of ether oxygens (including phenoxy) is 1. The topological polar surface area (TPSA) is 46.5 Å². The molecule has 2 aliphatic rings. The molecule has 2 saturated carbocycles. The lowest BCUT2D eigenvalue weighted by molar-refractivity contribution is -0.141. The predicted octanol–water partition coefficient (Wildman–Crippen LogP) is 1.13. The Kier molecular flexibility index (Phi) is 1.83. The van der Waals surface area contributed by atoms with Gasteiger partial charge < -0.3 is 9.84 Å². The Hall–Kier alpha value is -0.570. The number of hydrogen-bond donors (Lipinski definition) is 1. The van der Waals surface area contributed by atoms with Gasteiger partial charge in [-0.15, -0.1) is 0 Å². The van der Waals surface area contributed by atoms with Crippen LogP contribution in [0.25, 0.3) is 0 Å². The molecule has 4 unspecified atom stereocenters. The second-order valence-electron chi connectivity index (χ2n) is 3.94. The maximum Gasteiger partial charge on any atom is 0.306 e. The third-order valence-corrected chi connectivity index (χ3v) is 3.41. The molecule has 3 nitrogen and oxygen atoms in total. The first-order valence-corrected chi connectivity index (χ1v) is 4.48. The molecule has 3 heteroatoms. The van der Waals surface area contributed by atoms with Gasteiger partial charge in [0.15, 0.2) is 0 Å². The van der Waals surface area contributed by atoms with E-state index in [0.29, 0.717) is 17.9 Å². The fraction of sp³-hybridized carbons (Fsp3) is 0.889. The molecule has 4 atom stereocenters. The van der Waals surface area contributed by atoms with Crippen LogP contribution in [0.5, 0.6) is 0 Å². The lowest BCUT2D eigenvalue weighted by atomic mass is 9.73. The lowest BCUT2D eigenvalue weighted by Gasteiger charge is -2.39. The van der Waals surface area contributed by atoms with E-state index in [1.54, 1.807) is 7.11 Å². The molecule has 0 aromatic rings.